The Morgan fingerprint density at radius 1 is 1.07 bits per heavy atom. The molecule has 0 bridgehead atoms. The van der Waals surface area contributed by atoms with Gasteiger partial charge in [0.05, 0.1) is 16.4 Å². The highest BCUT2D eigenvalue weighted by Crippen LogP contribution is 2.30. The zero-order valence-corrected chi connectivity index (χ0v) is 17.1. The first-order valence-corrected chi connectivity index (χ1v) is 9.64. The highest BCUT2D eigenvalue weighted by Gasteiger charge is 2.31. The topological polar surface area (TPSA) is 59.1 Å². The van der Waals surface area contributed by atoms with Crippen LogP contribution < -0.4 is 15.4 Å². The summed E-state index contributed by atoms with van der Waals surface area (Å²) in [5.74, 6) is 0.468. The van der Waals surface area contributed by atoms with E-state index >= 15 is 0 Å². The summed E-state index contributed by atoms with van der Waals surface area (Å²) in [7, 11) is 0. The van der Waals surface area contributed by atoms with Crippen LogP contribution in [0.1, 0.15) is 20.3 Å². The normalized spacial score (nSPS) is 12.3. The summed E-state index contributed by atoms with van der Waals surface area (Å²) in [5, 5.41) is 6.83. The predicted molar refractivity (Wildman–Crippen MR) is 112 cm³/mol. The molecule has 30 heavy (non-hydrogen) atoms. The van der Waals surface area contributed by atoms with Crippen LogP contribution in [0, 0.1) is 0 Å². The molecule has 0 aliphatic rings. The fourth-order valence-corrected chi connectivity index (χ4v) is 2.78. The quantitative estimate of drug-likeness (QED) is 0.434. The lowest BCUT2D eigenvalue weighted by Crippen LogP contribution is -2.17. The first-order chi connectivity index (χ1) is 14.2. The zero-order valence-electron chi connectivity index (χ0n) is 16.3. The number of hydrogen-bond acceptors (Lipinski definition) is 5. The Hall–Kier alpha value is -3.00. The Morgan fingerprint density at radius 3 is 2.53 bits per heavy atom. The van der Waals surface area contributed by atoms with Gasteiger partial charge in [-0.2, -0.15) is 4.98 Å². The minimum absolute atomic E-state index is 0.105. The van der Waals surface area contributed by atoms with Crippen molar-refractivity contribution in [2.24, 2.45) is 0 Å². The number of aromatic nitrogens is 2. The second kappa shape index (κ2) is 9.21. The molecule has 0 saturated carbocycles. The fourth-order valence-electron chi connectivity index (χ4n) is 2.60. The number of anilines is 3. The van der Waals surface area contributed by atoms with Gasteiger partial charge in [-0.25, -0.2) is 4.98 Å². The molecule has 0 aliphatic carbocycles. The third-order valence-corrected chi connectivity index (χ3v) is 4.54. The van der Waals surface area contributed by atoms with Crippen LogP contribution in [0.4, 0.5) is 30.6 Å². The largest absolute Gasteiger partial charge is 0.573 e. The first kappa shape index (κ1) is 21.7. The third-order valence-electron chi connectivity index (χ3n) is 4.21. The van der Waals surface area contributed by atoms with Crippen LogP contribution in [0.2, 0.25) is 5.02 Å². The van der Waals surface area contributed by atoms with E-state index in [4.69, 9.17) is 11.6 Å². The molecule has 0 spiro atoms. The average molecular weight is 437 g/mol. The summed E-state index contributed by atoms with van der Waals surface area (Å²) in [5.41, 5.74) is 1.53. The van der Waals surface area contributed by atoms with Crippen molar-refractivity contribution in [2.75, 3.05) is 10.6 Å². The molecule has 0 amide bonds. The lowest BCUT2D eigenvalue weighted by Gasteiger charge is -2.15. The van der Waals surface area contributed by atoms with E-state index in [0.717, 1.165) is 6.42 Å². The summed E-state index contributed by atoms with van der Waals surface area (Å²) >= 11 is 6.22. The van der Waals surface area contributed by atoms with Crippen LogP contribution >= 0.6 is 11.6 Å². The van der Waals surface area contributed by atoms with Gasteiger partial charge in [-0.1, -0.05) is 42.8 Å². The molecule has 0 radical (unpaired) electrons. The number of nitrogens with zero attached hydrogens (tertiary/aromatic N) is 2. The summed E-state index contributed by atoms with van der Waals surface area (Å²) in [6.45, 7) is 4.00. The number of halogens is 4. The van der Waals surface area contributed by atoms with Gasteiger partial charge in [0.25, 0.3) is 0 Å². The van der Waals surface area contributed by atoms with Crippen LogP contribution in [0.25, 0.3) is 11.3 Å². The van der Waals surface area contributed by atoms with Crippen LogP contribution in [0.15, 0.2) is 54.6 Å². The molecule has 0 aliphatic heterocycles. The Labute approximate surface area is 177 Å². The molecule has 5 nitrogen and oxygen atoms in total. The molecule has 3 aromatic rings. The van der Waals surface area contributed by atoms with Gasteiger partial charge in [0, 0.05) is 17.7 Å². The maximum Gasteiger partial charge on any atom is 0.573 e. The number of rotatable bonds is 7. The number of ether oxygens (including phenoxy) is 1. The molecule has 2 N–H and O–H groups in total. The van der Waals surface area contributed by atoms with Crippen molar-refractivity contribution in [3.8, 4) is 17.0 Å². The molecule has 0 fully saturated rings. The van der Waals surface area contributed by atoms with Crippen LogP contribution in [0.5, 0.6) is 5.75 Å². The Bertz CT molecular complexity index is 1010. The minimum Gasteiger partial charge on any atom is -0.406 e. The summed E-state index contributed by atoms with van der Waals surface area (Å²) in [4.78, 5) is 8.92. The second-order valence-electron chi connectivity index (χ2n) is 6.60. The monoisotopic (exact) mass is 436 g/mol. The van der Waals surface area contributed by atoms with Crippen molar-refractivity contribution in [3.63, 3.8) is 0 Å². The minimum atomic E-state index is -4.77. The number of nitrogens with one attached hydrogen (secondary N) is 2. The average Bonchev–Trinajstić information content (AvgIpc) is 2.68. The molecule has 158 valence electrons. The van der Waals surface area contributed by atoms with E-state index < -0.39 is 6.36 Å². The van der Waals surface area contributed by atoms with Crippen molar-refractivity contribution in [1.82, 2.24) is 9.97 Å². The molecule has 1 aromatic heterocycles. The van der Waals surface area contributed by atoms with Gasteiger partial charge in [-0.15, -0.1) is 13.2 Å². The molecule has 1 atom stereocenters. The van der Waals surface area contributed by atoms with Gasteiger partial charge in [-0.05, 0) is 37.6 Å². The molecular formula is C21H20ClF3N4O. The predicted octanol–water partition coefficient (Wildman–Crippen LogP) is 6.65. The Kier molecular flexibility index (Phi) is 6.66. The summed E-state index contributed by atoms with van der Waals surface area (Å²) in [6, 6.07) is 14.5. The van der Waals surface area contributed by atoms with Crippen molar-refractivity contribution in [1.29, 1.82) is 0 Å². The Balaban J connectivity index is 2.00. The SMILES string of the molecule is CC[C@@H](C)Nc1nc(Nc2ccccc2Cl)cc(-c2cccc(OC(F)(F)F)c2)n1. The fraction of sp³-hybridized carbons (Fsp3) is 0.238. The van der Waals surface area contributed by atoms with E-state index in [1.807, 2.05) is 19.9 Å². The van der Waals surface area contributed by atoms with Crippen molar-refractivity contribution in [2.45, 2.75) is 32.7 Å². The number of hydrogen-bond donors (Lipinski definition) is 2. The standard InChI is InChI=1S/C21H20ClF3N4O/c1-3-13(2)26-20-28-18(14-7-6-8-15(11-14)30-21(23,24)25)12-19(29-20)27-17-10-5-4-9-16(17)22/h4-13H,3H2,1-2H3,(H2,26,27,28,29)/t13-/m1/s1. The van der Waals surface area contributed by atoms with Gasteiger partial charge in [0.1, 0.15) is 11.6 Å². The smallest absolute Gasteiger partial charge is 0.406 e. The third kappa shape index (κ3) is 6.00. The molecule has 3 rings (SSSR count). The van der Waals surface area contributed by atoms with E-state index in [2.05, 4.69) is 25.3 Å². The van der Waals surface area contributed by atoms with E-state index in [0.29, 0.717) is 33.7 Å². The van der Waals surface area contributed by atoms with Crippen LogP contribution in [-0.4, -0.2) is 22.4 Å². The lowest BCUT2D eigenvalue weighted by molar-refractivity contribution is -0.274. The lowest BCUT2D eigenvalue weighted by atomic mass is 10.1. The molecular weight excluding hydrogens is 417 g/mol. The van der Waals surface area contributed by atoms with Crippen LogP contribution in [0.3, 0.4) is 0 Å². The van der Waals surface area contributed by atoms with E-state index in [9.17, 15) is 13.2 Å². The molecule has 0 unspecified atom stereocenters. The van der Waals surface area contributed by atoms with E-state index in [1.54, 1.807) is 30.3 Å². The molecule has 0 saturated heterocycles. The van der Waals surface area contributed by atoms with Gasteiger partial charge >= 0.3 is 6.36 Å². The van der Waals surface area contributed by atoms with Gasteiger partial charge in [0.2, 0.25) is 5.95 Å². The highest BCUT2D eigenvalue weighted by molar-refractivity contribution is 6.33. The van der Waals surface area contributed by atoms with Gasteiger partial charge in [0.15, 0.2) is 0 Å². The molecule has 9 heteroatoms. The second-order valence-corrected chi connectivity index (χ2v) is 7.00. The number of benzene rings is 2. The van der Waals surface area contributed by atoms with Crippen LogP contribution in [-0.2, 0) is 0 Å². The first-order valence-electron chi connectivity index (χ1n) is 9.27. The van der Waals surface area contributed by atoms with E-state index in [-0.39, 0.29) is 11.8 Å². The molecule has 2 aromatic carbocycles. The Morgan fingerprint density at radius 2 is 1.83 bits per heavy atom. The maximum absolute atomic E-state index is 12.6. The number of alkyl halides is 3. The van der Waals surface area contributed by atoms with E-state index in [1.165, 1.54) is 18.2 Å². The zero-order chi connectivity index (χ0) is 21.7. The summed E-state index contributed by atoms with van der Waals surface area (Å²) in [6.07, 6.45) is -3.93. The van der Waals surface area contributed by atoms with Gasteiger partial charge < -0.3 is 15.4 Å². The van der Waals surface area contributed by atoms with Crippen molar-refractivity contribution < 1.29 is 17.9 Å². The highest BCUT2D eigenvalue weighted by atomic mass is 35.5. The molecule has 1 heterocycles. The van der Waals surface area contributed by atoms with Gasteiger partial charge in [-0.3, -0.25) is 0 Å². The van der Waals surface area contributed by atoms with Crippen molar-refractivity contribution >= 4 is 29.1 Å². The number of para-hydroxylation sites is 1. The van der Waals surface area contributed by atoms with Crippen molar-refractivity contribution in [3.05, 3.63) is 59.6 Å². The summed E-state index contributed by atoms with van der Waals surface area (Å²) < 4.78 is 41.8. The maximum atomic E-state index is 12.6.